The third-order valence-corrected chi connectivity index (χ3v) is 3.92. The van der Waals surface area contributed by atoms with E-state index in [1.54, 1.807) is 6.92 Å². The number of carbonyl (C=O) groups excluding carboxylic acids is 2. The van der Waals surface area contributed by atoms with E-state index in [2.05, 4.69) is 0 Å². The van der Waals surface area contributed by atoms with E-state index in [4.69, 9.17) is 5.11 Å². The predicted molar refractivity (Wildman–Crippen MR) is 75.3 cm³/mol. The first kappa shape index (κ1) is 16.7. The van der Waals surface area contributed by atoms with Gasteiger partial charge in [-0.3, -0.25) is 14.4 Å². The molecule has 1 aliphatic rings. The lowest BCUT2D eigenvalue weighted by atomic mass is 9.99. The molecule has 1 rings (SSSR count). The number of Topliss-reactive ketones (excluding diaryl/α,β-unsaturated/α-hetero) is 1. The molecule has 1 N–H and O–H groups in total. The first-order chi connectivity index (χ1) is 9.49. The Labute approximate surface area is 120 Å². The molecule has 0 bridgehead atoms. The van der Waals surface area contributed by atoms with Crippen LogP contribution in [-0.2, 0) is 14.4 Å². The van der Waals surface area contributed by atoms with Crippen LogP contribution in [0.5, 0.6) is 0 Å². The van der Waals surface area contributed by atoms with Crippen LogP contribution in [-0.4, -0.2) is 40.8 Å². The minimum Gasteiger partial charge on any atom is -0.481 e. The lowest BCUT2D eigenvalue weighted by molar-refractivity contribution is -0.138. The van der Waals surface area contributed by atoms with Crippen molar-refractivity contribution < 1.29 is 19.5 Å². The smallest absolute Gasteiger partial charge is 0.303 e. The van der Waals surface area contributed by atoms with Crippen molar-refractivity contribution in [2.24, 2.45) is 5.92 Å². The Bertz CT molecular complexity index is 354. The van der Waals surface area contributed by atoms with E-state index in [9.17, 15) is 14.4 Å². The Morgan fingerprint density at radius 2 is 1.85 bits per heavy atom. The topological polar surface area (TPSA) is 74.7 Å². The van der Waals surface area contributed by atoms with Crippen LogP contribution in [0.2, 0.25) is 0 Å². The van der Waals surface area contributed by atoms with Gasteiger partial charge in [-0.05, 0) is 25.2 Å². The van der Waals surface area contributed by atoms with E-state index >= 15 is 0 Å². The maximum atomic E-state index is 11.4. The highest BCUT2D eigenvalue weighted by atomic mass is 16.4. The molecule has 1 atom stereocenters. The average Bonchev–Trinajstić information content (AvgIpc) is 2.85. The minimum atomic E-state index is -0.908. The van der Waals surface area contributed by atoms with E-state index < -0.39 is 5.97 Å². The van der Waals surface area contributed by atoms with E-state index in [1.807, 2.05) is 4.90 Å². The molecule has 5 nitrogen and oxygen atoms in total. The second kappa shape index (κ2) is 8.72. The first-order valence-corrected chi connectivity index (χ1v) is 7.48. The van der Waals surface area contributed by atoms with E-state index in [0.29, 0.717) is 12.3 Å². The predicted octanol–water partition coefficient (Wildman–Crippen LogP) is 2.24. The summed E-state index contributed by atoms with van der Waals surface area (Å²) in [4.78, 5) is 34.8. The van der Waals surface area contributed by atoms with Crippen LogP contribution >= 0.6 is 0 Å². The van der Waals surface area contributed by atoms with Crippen molar-refractivity contribution in [3.8, 4) is 0 Å². The first-order valence-electron chi connectivity index (χ1n) is 7.48. The summed E-state index contributed by atoms with van der Waals surface area (Å²) in [6.45, 7) is 3.38. The van der Waals surface area contributed by atoms with Gasteiger partial charge in [-0.2, -0.15) is 0 Å². The summed E-state index contributed by atoms with van der Waals surface area (Å²) in [7, 11) is 0. The fourth-order valence-electron chi connectivity index (χ4n) is 2.66. The van der Waals surface area contributed by atoms with Gasteiger partial charge in [0.1, 0.15) is 5.78 Å². The van der Waals surface area contributed by atoms with Gasteiger partial charge in [0, 0.05) is 32.9 Å². The molecular formula is C15H25NO4. The summed E-state index contributed by atoms with van der Waals surface area (Å²) < 4.78 is 0. The third-order valence-electron chi connectivity index (χ3n) is 3.92. The standard InChI is InChI=1S/C15H25NO4/c1-12(17)16-10-9-13(11-16)5-3-2-4-6-14(18)7-8-15(19)20/h13H,2-11H2,1H3,(H,19,20). The van der Waals surface area contributed by atoms with Gasteiger partial charge in [0.2, 0.25) is 5.91 Å². The van der Waals surface area contributed by atoms with Crippen LogP contribution in [0.4, 0.5) is 0 Å². The Kier molecular flexibility index (Phi) is 7.26. The molecule has 1 amide bonds. The van der Waals surface area contributed by atoms with Gasteiger partial charge in [-0.15, -0.1) is 0 Å². The maximum absolute atomic E-state index is 11.4. The van der Waals surface area contributed by atoms with Crippen molar-refractivity contribution in [3.05, 3.63) is 0 Å². The van der Waals surface area contributed by atoms with Crippen LogP contribution in [0.3, 0.4) is 0 Å². The average molecular weight is 283 g/mol. The van der Waals surface area contributed by atoms with Gasteiger partial charge in [0.05, 0.1) is 6.42 Å². The van der Waals surface area contributed by atoms with Crippen LogP contribution < -0.4 is 0 Å². The molecule has 1 aliphatic heterocycles. The highest BCUT2D eigenvalue weighted by Crippen LogP contribution is 2.22. The molecule has 0 saturated carbocycles. The summed E-state index contributed by atoms with van der Waals surface area (Å²) in [5.74, 6) is -0.0798. The summed E-state index contributed by atoms with van der Waals surface area (Å²) in [5.41, 5.74) is 0. The highest BCUT2D eigenvalue weighted by molar-refractivity contribution is 5.82. The molecule has 1 unspecified atom stereocenters. The molecule has 5 heteroatoms. The van der Waals surface area contributed by atoms with Gasteiger partial charge in [-0.1, -0.05) is 12.8 Å². The van der Waals surface area contributed by atoms with Gasteiger partial charge < -0.3 is 10.0 Å². The monoisotopic (exact) mass is 283 g/mol. The molecule has 0 aromatic carbocycles. The lowest BCUT2D eigenvalue weighted by Crippen LogP contribution is -2.25. The third kappa shape index (κ3) is 6.68. The zero-order valence-electron chi connectivity index (χ0n) is 12.3. The van der Waals surface area contributed by atoms with Crippen molar-refractivity contribution in [2.75, 3.05) is 13.1 Å². The molecular weight excluding hydrogens is 258 g/mol. The number of likely N-dealkylation sites (tertiary alicyclic amines) is 1. The lowest BCUT2D eigenvalue weighted by Gasteiger charge is -2.13. The minimum absolute atomic E-state index is 0.0519. The van der Waals surface area contributed by atoms with E-state index in [1.165, 1.54) is 0 Å². The fourth-order valence-corrected chi connectivity index (χ4v) is 2.66. The largest absolute Gasteiger partial charge is 0.481 e. The van der Waals surface area contributed by atoms with Crippen molar-refractivity contribution in [1.82, 2.24) is 4.90 Å². The van der Waals surface area contributed by atoms with Crippen molar-refractivity contribution in [3.63, 3.8) is 0 Å². The van der Waals surface area contributed by atoms with Crippen molar-refractivity contribution in [1.29, 1.82) is 0 Å². The number of carbonyl (C=O) groups is 3. The molecule has 1 fully saturated rings. The number of amides is 1. The van der Waals surface area contributed by atoms with Gasteiger partial charge in [-0.25, -0.2) is 0 Å². The molecule has 1 heterocycles. The summed E-state index contributed by atoms with van der Waals surface area (Å²) in [5, 5.41) is 8.47. The number of aliphatic carboxylic acids is 1. The second-order valence-corrected chi connectivity index (χ2v) is 5.65. The van der Waals surface area contributed by atoms with Gasteiger partial charge in [0.15, 0.2) is 0 Å². The Balaban J connectivity index is 1.99. The number of ketones is 1. The molecule has 0 radical (unpaired) electrons. The van der Waals surface area contributed by atoms with Crippen LogP contribution in [0.25, 0.3) is 0 Å². The Morgan fingerprint density at radius 3 is 2.45 bits per heavy atom. The molecule has 1 saturated heterocycles. The number of hydrogen-bond donors (Lipinski definition) is 1. The summed E-state index contributed by atoms with van der Waals surface area (Å²) in [6, 6.07) is 0. The quantitative estimate of drug-likeness (QED) is 0.658. The second-order valence-electron chi connectivity index (χ2n) is 5.65. The molecule has 0 aromatic rings. The number of unbranched alkanes of at least 4 members (excludes halogenated alkanes) is 2. The number of carboxylic acids is 1. The number of nitrogens with zero attached hydrogens (tertiary/aromatic N) is 1. The summed E-state index contributed by atoms with van der Waals surface area (Å²) in [6.07, 6.45) is 5.76. The SMILES string of the molecule is CC(=O)N1CCC(CCCCCC(=O)CCC(=O)O)C1. The summed E-state index contributed by atoms with van der Waals surface area (Å²) >= 11 is 0. The number of rotatable bonds is 9. The molecule has 114 valence electrons. The van der Waals surface area contributed by atoms with E-state index in [-0.39, 0.29) is 24.5 Å². The van der Waals surface area contributed by atoms with Gasteiger partial charge >= 0.3 is 5.97 Å². The van der Waals surface area contributed by atoms with Crippen LogP contribution in [0, 0.1) is 5.92 Å². The van der Waals surface area contributed by atoms with E-state index in [0.717, 1.165) is 45.2 Å². The normalized spacial score (nSPS) is 18.2. The molecule has 0 aromatic heterocycles. The fraction of sp³-hybridized carbons (Fsp3) is 0.800. The molecule has 20 heavy (non-hydrogen) atoms. The zero-order valence-corrected chi connectivity index (χ0v) is 12.3. The number of carboxylic acid groups (broad SMARTS) is 1. The Hall–Kier alpha value is -1.39. The zero-order chi connectivity index (χ0) is 15.0. The van der Waals surface area contributed by atoms with Crippen molar-refractivity contribution >= 4 is 17.7 Å². The van der Waals surface area contributed by atoms with Crippen LogP contribution in [0.15, 0.2) is 0 Å². The Morgan fingerprint density at radius 1 is 1.10 bits per heavy atom. The highest BCUT2D eigenvalue weighted by Gasteiger charge is 2.23. The van der Waals surface area contributed by atoms with Crippen LogP contribution in [0.1, 0.15) is 58.3 Å². The van der Waals surface area contributed by atoms with Crippen molar-refractivity contribution in [2.45, 2.75) is 58.3 Å². The maximum Gasteiger partial charge on any atom is 0.303 e. The molecule has 0 aliphatic carbocycles. The van der Waals surface area contributed by atoms with Gasteiger partial charge in [0.25, 0.3) is 0 Å². The molecule has 0 spiro atoms. The number of hydrogen-bond acceptors (Lipinski definition) is 3.